The molecule has 1 aliphatic rings. The molecule has 4 nitrogen and oxygen atoms in total. The van der Waals surface area contributed by atoms with Crippen molar-refractivity contribution in [1.29, 1.82) is 0 Å². The van der Waals surface area contributed by atoms with Crippen LogP contribution in [-0.2, 0) is 9.59 Å². The number of carbonyl (C=O) groups is 2. The monoisotopic (exact) mass is 175 g/mol. The third-order valence-corrected chi connectivity index (χ3v) is 2.92. The maximum absolute atomic E-state index is 10.6. The topological polar surface area (TPSA) is 66.4 Å². The van der Waals surface area contributed by atoms with Gasteiger partial charge in [0.25, 0.3) is 0 Å². The van der Waals surface area contributed by atoms with Crippen molar-refractivity contribution in [2.24, 2.45) is 0 Å². The van der Waals surface area contributed by atoms with Crippen molar-refractivity contribution >= 4 is 23.6 Å². The fourth-order valence-electron chi connectivity index (χ4n) is 0.892. The van der Waals surface area contributed by atoms with Gasteiger partial charge in [-0.15, -0.1) is 0 Å². The van der Waals surface area contributed by atoms with Crippen LogP contribution < -0.4 is 5.32 Å². The molecule has 1 saturated heterocycles. The van der Waals surface area contributed by atoms with E-state index in [1.165, 1.54) is 18.7 Å². The van der Waals surface area contributed by atoms with E-state index in [0.717, 1.165) is 0 Å². The lowest BCUT2D eigenvalue weighted by Gasteiger charge is -2.37. The third-order valence-electron chi connectivity index (χ3n) is 1.52. The molecular formula is C6H9NO3S. The predicted molar refractivity (Wildman–Crippen MR) is 41.5 cm³/mol. The maximum Gasteiger partial charge on any atom is 0.331 e. The Morgan fingerprint density at radius 3 is 2.18 bits per heavy atom. The fraction of sp³-hybridized carbons (Fsp3) is 0.667. The highest BCUT2D eigenvalue weighted by Gasteiger charge is 2.45. The SMILES string of the molecule is CC(=O)NC1(C(=O)O)CSC1. The van der Waals surface area contributed by atoms with Crippen molar-refractivity contribution in [1.82, 2.24) is 5.32 Å². The summed E-state index contributed by atoms with van der Waals surface area (Å²) < 4.78 is 0. The molecule has 0 bridgehead atoms. The summed E-state index contributed by atoms with van der Waals surface area (Å²) in [5, 5.41) is 11.1. The van der Waals surface area contributed by atoms with Crippen LogP contribution in [0, 0.1) is 0 Å². The molecule has 0 atom stereocenters. The number of aliphatic carboxylic acids is 1. The van der Waals surface area contributed by atoms with E-state index in [4.69, 9.17) is 5.11 Å². The van der Waals surface area contributed by atoms with E-state index in [2.05, 4.69) is 5.32 Å². The highest BCUT2D eigenvalue weighted by Crippen LogP contribution is 2.29. The molecule has 62 valence electrons. The van der Waals surface area contributed by atoms with Gasteiger partial charge in [0.1, 0.15) is 0 Å². The first-order valence-electron chi connectivity index (χ1n) is 3.17. The van der Waals surface area contributed by atoms with E-state index in [1.807, 2.05) is 0 Å². The highest BCUT2D eigenvalue weighted by atomic mass is 32.2. The average molecular weight is 175 g/mol. The van der Waals surface area contributed by atoms with Crippen LogP contribution in [0.1, 0.15) is 6.92 Å². The number of hydrogen-bond donors (Lipinski definition) is 2. The van der Waals surface area contributed by atoms with Gasteiger partial charge in [-0.3, -0.25) is 4.79 Å². The Bertz CT molecular complexity index is 200. The summed E-state index contributed by atoms with van der Waals surface area (Å²) in [6.45, 7) is 1.33. The minimum atomic E-state index is -0.976. The van der Waals surface area contributed by atoms with E-state index >= 15 is 0 Å². The van der Waals surface area contributed by atoms with Crippen molar-refractivity contribution in [3.8, 4) is 0 Å². The summed E-state index contributed by atoms with van der Waals surface area (Å²) >= 11 is 1.52. The highest BCUT2D eigenvalue weighted by molar-refractivity contribution is 8.01. The lowest BCUT2D eigenvalue weighted by atomic mass is 10.0. The normalized spacial score (nSPS) is 20.1. The predicted octanol–water partition coefficient (Wildman–Crippen LogP) is -0.307. The van der Waals surface area contributed by atoms with Crippen molar-refractivity contribution in [2.75, 3.05) is 11.5 Å². The lowest BCUT2D eigenvalue weighted by Crippen LogP contribution is -2.63. The Hall–Kier alpha value is -0.710. The smallest absolute Gasteiger partial charge is 0.331 e. The Balaban J connectivity index is 2.61. The van der Waals surface area contributed by atoms with Gasteiger partial charge in [0.15, 0.2) is 5.54 Å². The fourth-order valence-corrected chi connectivity index (χ4v) is 1.90. The number of carboxylic acids is 1. The van der Waals surface area contributed by atoms with Gasteiger partial charge in [-0.2, -0.15) is 11.8 Å². The molecule has 0 spiro atoms. The van der Waals surface area contributed by atoms with Gasteiger partial charge in [0.05, 0.1) is 0 Å². The second-order valence-electron chi connectivity index (χ2n) is 2.56. The zero-order valence-corrected chi connectivity index (χ0v) is 6.90. The largest absolute Gasteiger partial charge is 0.479 e. The molecule has 1 heterocycles. The number of thioether (sulfide) groups is 1. The third kappa shape index (κ3) is 1.48. The van der Waals surface area contributed by atoms with Gasteiger partial charge >= 0.3 is 5.97 Å². The summed E-state index contributed by atoms with van der Waals surface area (Å²) in [5.41, 5.74) is -0.976. The average Bonchev–Trinajstić information content (AvgIpc) is 1.77. The van der Waals surface area contributed by atoms with Crippen LogP contribution in [0.25, 0.3) is 0 Å². The summed E-state index contributed by atoms with van der Waals surface area (Å²) in [7, 11) is 0. The summed E-state index contributed by atoms with van der Waals surface area (Å²) in [6, 6.07) is 0. The maximum atomic E-state index is 10.6. The van der Waals surface area contributed by atoms with Crippen LogP contribution in [-0.4, -0.2) is 34.0 Å². The minimum Gasteiger partial charge on any atom is -0.479 e. The van der Waals surface area contributed by atoms with E-state index in [-0.39, 0.29) is 5.91 Å². The molecule has 2 N–H and O–H groups in total. The first kappa shape index (κ1) is 8.39. The Morgan fingerprint density at radius 1 is 1.55 bits per heavy atom. The molecule has 5 heteroatoms. The van der Waals surface area contributed by atoms with Gasteiger partial charge in [-0.05, 0) is 0 Å². The van der Waals surface area contributed by atoms with Crippen LogP contribution in [0.5, 0.6) is 0 Å². The molecule has 0 radical (unpaired) electrons. The van der Waals surface area contributed by atoms with Crippen LogP contribution in [0.3, 0.4) is 0 Å². The van der Waals surface area contributed by atoms with Gasteiger partial charge in [-0.1, -0.05) is 0 Å². The standard InChI is InChI=1S/C6H9NO3S/c1-4(8)7-6(5(9)10)2-11-3-6/h2-3H2,1H3,(H,7,8)(H,9,10). The first-order chi connectivity index (χ1) is 5.07. The molecular weight excluding hydrogens is 166 g/mol. The number of hydrogen-bond acceptors (Lipinski definition) is 3. The molecule has 0 aromatic heterocycles. The van der Waals surface area contributed by atoms with E-state index in [1.54, 1.807) is 0 Å². The quantitative estimate of drug-likeness (QED) is 0.604. The molecule has 0 aromatic rings. The Kier molecular flexibility index (Phi) is 2.08. The summed E-state index contributed by atoms with van der Waals surface area (Å²) in [5.74, 6) is -0.275. The van der Waals surface area contributed by atoms with Gasteiger partial charge in [-0.25, -0.2) is 4.79 Å². The molecule has 1 amide bonds. The van der Waals surface area contributed by atoms with Gasteiger partial charge in [0, 0.05) is 18.4 Å². The second-order valence-corrected chi connectivity index (χ2v) is 3.55. The number of carboxylic acid groups (broad SMARTS) is 1. The van der Waals surface area contributed by atoms with Crippen LogP contribution >= 0.6 is 11.8 Å². The van der Waals surface area contributed by atoms with Crippen LogP contribution in [0.2, 0.25) is 0 Å². The molecule has 0 saturated carbocycles. The number of carbonyl (C=O) groups excluding carboxylic acids is 1. The number of rotatable bonds is 2. The van der Waals surface area contributed by atoms with Crippen molar-refractivity contribution in [2.45, 2.75) is 12.5 Å². The van der Waals surface area contributed by atoms with E-state index in [0.29, 0.717) is 11.5 Å². The molecule has 1 aliphatic heterocycles. The van der Waals surface area contributed by atoms with Gasteiger partial charge in [0.2, 0.25) is 5.91 Å². The lowest BCUT2D eigenvalue weighted by molar-refractivity contribution is -0.145. The Morgan fingerprint density at radius 2 is 2.09 bits per heavy atom. The van der Waals surface area contributed by atoms with Crippen LogP contribution in [0.4, 0.5) is 0 Å². The minimum absolute atomic E-state index is 0.285. The van der Waals surface area contributed by atoms with E-state index in [9.17, 15) is 9.59 Å². The summed E-state index contributed by atoms with van der Waals surface area (Å²) in [4.78, 5) is 21.2. The second kappa shape index (κ2) is 2.73. The van der Waals surface area contributed by atoms with Gasteiger partial charge < -0.3 is 10.4 Å². The first-order valence-corrected chi connectivity index (χ1v) is 4.32. The molecule has 0 aromatic carbocycles. The van der Waals surface area contributed by atoms with Crippen molar-refractivity contribution in [3.05, 3.63) is 0 Å². The number of nitrogens with one attached hydrogen (secondary N) is 1. The number of amides is 1. The van der Waals surface area contributed by atoms with Crippen LogP contribution in [0.15, 0.2) is 0 Å². The van der Waals surface area contributed by atoms with Crippen molar-refractivity contribution in [3.63, 3.8) is 0 Å². The molecule has 1 fully saturated rings. The molecule has 0 aliphatic carbocycles. The zero-order chi connectivity index (χ0) is 8.48. The molecule has 1 rings (SSSR count). The summed E-state index contributed by atoms with van der Waals surface area (Å²) in [6.07, 6.45) is 0. The Labute approximate surface area is 68.3 Å². The van der Waals surface area contributed by atoms with Crippen molar-refractivity contribution < 1.29 is 14.7 Å². The van der Waals surface area contributed by atoms with E-state index < -0.39 is 11.5 Å². The zero-order valence-electron chi connectivity index (χ0n) is 6.09. The molecule has 0 unspecified atom stereocenters. The molecule has 11 heavy (non-hydrogen) atoms.